The van der Waals surface area contributed by atoms with Crippen LogP contribution in [0.25, 0.3) is 0 Å². The molecule has 0 aromatic heterocycles. The van der Waals surface area contributed by atoms with Crippen LogP contribution in [0.15, 0.2) is 12.3 Å². The lowest BCUT2D eigenvalue weighted by atomic mass is 10.7. The van der Waals surface area contributed by atoms with Crippen molar-refractivity contribution in [3.8, 4) is 0 Å². The van der Waals surface area contributed by atoms with Gasteiger partial charge >= 0.3 is 0 Å². The molecule has 1 heterocycles. The molecular weight excluding hydrogens is 98.1 g/mol. The van der Waals surface area contributed by atoms with Crippen molar-refractivity contribution in [2.45, 2.75) is 0 Å². The Bertz CT molecular complexity index is 89.0. The van der Waals surface area contributed by atoms with Crippen LogP contribution in [0.1, 0.15) is 0 Å². The lowest BCUT2D eigenvalue weighted by Crippen LogP contribution is -1.81. The maximum Gasteiger partial charge on any atom is 0.0992 e. The van der Waals surface area contributed by atoms with Crippen molar-refractivity contribution < 1.29 is 4.18 Å². The summed E-state index contributed by atoms with van der Waals surface area (Å²) in [5.41, 5.74) is 0. The molecule has 0 aliphatic carbocycles. The molecule has 1 N–H and O–H groups in total. The topological polar surface area (TPSA) is 33.1 Å². The third-order valence-corrected chi connectivity index (χ3v) is 1.35. The van der Waals surface area contributed by atoms with Crippen molar-refractivity contribution in [2.24, 2.45) is 0 Å². The Kier molecular flexibility index (Phi) is 0.919. The molecule has 1 atom stereocenters. The molecule has 0 aromatic carbocycles. The van der Waals surface area contributed by atoms with Crippen LogP contribution in [0.3, 0.4) is 0 Å². The summed E-state index contributed by atoms with van der Waals surface area (Å²) in [5, 5.41) is 0. The number of nitrogens with one attached hydrogen (secondary N) is 1. The lowest BCUT2D eigenvalue weighted by Gasteiger charge is -1.85. The van der Waals surface area contributed by atoms with E-state index in [1.54, 1.807) is 6.26 Å². The molecule has 1 unspecified atom stereocenters. The van der Waals surface area contributed by atoms with Crippen LogP contribution in [-0.2, 0) is 15.2 Å². The first kappa shape index (κ1) is 3.87. The van der Waals surface area contributed by atoms with Gasteiger partial charge in [-0.1, -0.05) is 0 Å². The predicted octanol–water partition coefficient (Wildman–Crippen LogP) is 0.826. The van der Waals surface area contributed by atoms with Gasteiger partial charge in [-0.2, -0.15) is 0 Å². The average Bonchev–Trinajstić information content (AvgIpc) is 1.86. The third kappa shape index (κ3) is 0.597. The van der Waals surface area contributed by atoms with E-state index in [1.165, 1.54) is 0 Å². The van der Waals surface area contributed by atoms with Gasteiger partial charge in [-0.05, 0) is 6.08 Å². The summed E-state index contributed by atoms with van der Waals surface area (Å²) in [6.45, 7) is 0. The van der Waals surface area contributed by atoms with Gasteiger partial charge in [-0.3, -0.25) is 0 Å². The molecule has 3 heteroatoms. The van der Waals surface area contributed by atoms with Gasteiger partial charge in [-0.25, -0.2) is 4.78 Å². The Morgan fingerprint density at radius 2 is 2.67 bits per heavy atom. The first-order valence-electron chi connectivity index (χ1n) is 1.64. The fourth-order valence-corrected chi connectivity index (χ4v) is 0.817. The highest BCUT2D eigenvalue weighted by Gasteiger charge is 1.93. The van der Waals surface area contributed by atoms with E-state index in [9.17, 15) is 0 Å². The van der Waals surface area contributed by atoms with E-state index in [-0.39, 0.29) is 0 Å². The van der Waals surface area contributed by atoms with Crippen molar-refractivity contribution in [3.63, 3.8) is 0 Å². The van der Waals surface area contributed by atoms with Gasteiger partial charge in [0.1, 0.15) is 0 Å². The zero-order valence-corrected chi connectivity index (χ0v) is 3.99. The molecule has 0 spiro atoms. The van der Waals surface area contributed by atoms with Crippen molar-refractivity contribution in [2.75, 3.05) is 5.75 Å². The van der Waals surface area contributed by atoms with E-state index in [2.05, 4.69) is 4.18 Å². The second kappa shape index (κ2) is 1.43. The van der Waals surface area contributed by atoms with E-state index in [0.29, 0.717) is 0 Å². The van der Waals surface area contributed by atoms with Crippen molar-refractivity contribution in [3.05, 3.63) is 12.3 Å². The molecule has 0 saturated carbocycles. The average molecular weight is 103 g/mol. The first-order chi connectivity index (χ1) is 2.89. The van der Waals surface area contributed by atoms with Crippen LogP contribution < -0.4 is 0 Å². The first-order valence-corrected chi connectivity index (χ1v) is 2.96. The third-order valence-electron chi connectivity index (χ3n) is 0.516. The Morgan fingerprint density at radius 1 is 1.83 bits per heavy atom. The van der Waals surface area contributed by atoms with E-state index >= 15 is 0 Å². The van der Waals surface area contributed by atoms with Gasteiger partial charge in [-0.15, -0.1) is 0 Å². The molecule has 1 aliphatic rings. The van der Waals surface area contributed by atoms with Crippen LogP contribution in [-0.4, -0.2) is 5.75 Å². The Morgan fingerprint density at radius 3 is 2.83 bits per heavy atom. The highest BCUT2D eigenvalue weighted by atomic mass is 32.2. The van der Waals surface area contributed by atoms with Crippen LogP contribution in [0, 0.1) is 4.78 Å². The molecule has 0 aromatic rings. The van der Waals surface area contributed by atoms with Gasteiger partial charge in [0.25, 0.3) is 0 Å². The Labute approximate surface area is 38.9 Å². The summed E-state index contributed by atoms with van der Waals surface area (Å²) >= 11 is 0. The quantitative estimate of drug-likeness (QED) is 0.484. The summed E-state index contributed by atoms with van der Waals surface area (Å²) in [6.07, 6.45) is 3.44. The van der Waals surface area contributed by atoms with Crippen LogP contribution in [0.5, 0.6) is 0 Å². The second-order valence-electron chi connectivity index (χ2n) is 0.980. The fraction of sp³-hybridized carbons (Fsp3) is 0.333. The highest BCUT2D eigenvalue weighted by Crippen LogP contribution is 1.96. The number of hydrogen-bond acceptors (Lipinski definition) is 2. The zero-order chi connectivity index (χ0) is 4.41. The van der Waals surface area contributed by atoms with Gasteiger partial charge in [0, 0.05) is 0 Å². The van der Waals surface area contributed by atoms with Gasteiger partial charge in [0.05, 0.1) is 23.0 Å². The van der Waals surface area contributed by atoms with Crippen LogP contribution in [0.2, 0.25) is 0 Å². The summed E-state index contributed by atoms with van der Waals surface area (Å²) in [6, 6.07) is 0. The minimum Gasteiger partial charge on any atom is -0.425 e. The van der Waals surface area contributed by atoms with Crippen LogP contribution >= 0.6 is 0 Å². The second-order valence-corrected chi connectivity index (χ2v) is 2.20. The number of rotatable bonds is 0. The van der Waals surface area contributed by atoms with Crippen LogP contribution in [0.4, 0.5) is 0 Å². The van der Waals surface area contributed by atoms with Gasteiger partial charge in [0.15, 0.2) is 0 Å². The number of hydrogen-bond donors (Lipinski definition) is 1. The van der Waals surface area contributed by atoms with E-state index in [4.69, 9.17) is 4.78 Å². The minimum absolute atomic E-state index is 0.534. The molecule has 1 aliphatic heterocycles. The molecule has 0 saturated heterocycles. The standard InChI is InChI=1S/C3H5NOS/c4-6-3-1-2-5-6/h1-2,4H,3H2. The van der Waals surface area contributed by atoms with E-state index in [1.807, 2.05) is 6.08 Å². The normalized spacial score (nSPS) is 30.3. The maximum atomic E-state index is 6.88. The maximum absolute atomic E-state index is 6.88. The van der Waals surface area contributed by atoms with E-state index < -0.39 is 11.0 Å². The Balaban J connectivity index is 2.52. The molecule has 0 amide bonds. The smallest absolute Gasteiger partial charge is 0.0992 e. The van der Waals surface area contributed by atoms with E-state index in [0.717, 1.165) is 5.75 Å². The Hall–Kier alpha value is -0.310. The molecule has 1 rings (SSSR count). The van der Waals surface area contributed by atoms with Gasteiger partial charge in [0.2, 0.25) is 0 Å². The SMILES string of the molecule is N=S1CC=CO1. The molecule has 0 fully saturated rings. The van der Waals surface area contributed by atoms with Gasteiger partial charge < -0.3 is 4.18 Å². The monoisotopic (exact) mass is 103 g/mol. The van der Waals surface area contributed by atoms with Crippen molar-refractivity contribution in [1.82, 2.24) is 0 Å². The lowest BCUT2D eigenvalue weighted by molar-refractivity contribution is 0.566. The fourth-order valence-electron chi connectivity index (χ4n) is 0.272. The molecule has 0 radical (unpaired) electrons. The summed E-state index contributed by atoms with van der Waals surface area (Å²) in [7, 11) is -0.534. The summed E-state index contributed by atoms with van der Waals surface area (Å²) < 4.78 is 11.5. The molecule has 34 valence electrons. The highest BCUT2D eigenvalue weighted by molar-refractivity contribution is 7.81. The van der Waals surface area contributed by atoms with Crippen molar-refractivity contribution >= 4 is 11.0 Å². The molecular formula is C3H5NOS. The summed E-state index contributed by atoms with van der Waals surface area (Å²) in [5.74, 6) is 0.778. The summed E-state index contributed by atoms with van der Waals surface area (Å²) in [4.78, 5) is 0. The largest absolute Gasteiger partial charge is 0.425 e. The molecule has 2 nitrogen and oxygen atoms in total. The molecule has 6 heavy (non-hydrogen) atoms. The molecule has 0 bridgehead atoms. The zero-order valence-electron chi connectivity index (χ0n) is 3.18. The predicted molar refractivity (Wildman–Crippen MR) is 25.2 cm³/mol. The minimum atomic E-state index is -0.534. The van der Waals surface area contributed by atoms with Crippen molar-refractivity contribution in [1.29, 1.82) is 4.78 Å².